The second-order valence-corrected chi connectivity index (χ2v) is 5.33. The molecule has 0 unspecified atom stereocenters. The zero-order chi connectivity index (χ0) is 13.5. The molecule has 0 amide bonds. The van der Waals surface area contributed by atoms with Gasteiger partial charge in [-0.3, -0.25) is 9.80 Å². The fraction of sp³-hybridized carbons (Fsp3) is 1.00. The lowest BCUT2D eigenvalue weighted by molar-refractivity contribution is -0.144. The Morgan fingerprint density at radius 2 is 1.74 bits per heavy atom. The molecule has 19 heavy (non-hydrogen) atoms. The molecule has 2 aliphatic rings. The van der Waals surface area contributed by atoms with E-state index in [-0.39, 0.29) is 6.29 Å². The van der Waals surface area contributed by atoms with E-state index in [9.17, 15) is 0 Å². The smallest absolute Gasteiger partial charge is 0.158 e. The van der Waals surface area contributed by atoms with Crippen LogP contribution in [0.25, 0.3) is 0 Å². The second-order valence-electron chi connectivity index (χ2n) is 5.33. The summed E-state index contributed by atoms with van der Waals surface area (Å²) in [7, 11) is 0. The molecule has 2 aliphatic heterocycles. The molecule has 0 aliphatic carbocycles. The molecule has 0 aromatic rings. The van der Waals surface area contributed by atoms with Crippen LogP contribution in [0, 0.1) is 0 Å². The monoisotopic (exact) mass is 271 g/mol. The minimum absolute atomic E-state index is 0.0202. The third kappa shape index (κ3) is 4.68. The molecule has 2 fully saturated rings. The van der Waals surface area contributed by atoms with Crippen LogP contribution in [0.15, 0.2) is 0 Å². The van der Waals surface area contributed by atoms with Gasteiger partial charge in [-0.25, -0.2) is 0 Å². The molecule has 2 heterocycles. The van der Waals surface area contributed by atoms with Crippen molar-refractivity contribution in [3.05, 3.63) is 0 Å². The van der Waals surface area contributed by atoms with Crippen molar-refractivity contribution in [1.29, 1.82) is 0 Å². The van der Waals surface area contributed by atoms with Gasteiger partial charge in [-0.1, -0.05) is 0 Å². The highest BCUT2D eigenvalue weighted by Crippen LogP contribution is 2.16. The van der Waals surface area contributed by atoms with E-state index >= 15 is 0 Å². The van der Waals surface area contributed by atoms with Gasteiger partial charge in [0.2, 0.25) is 0 Å². The van der Waals surface area contributed by atoms with Crippen molar-refractivity contribution in [3.8, 4) is 0 Å². The second kappa shape index (κ2) is 8.17. The Morgan fingerprint density at radius 3 is 2.32 bits per heavy atom. The first-order valence-corrected chi connectivity index (χ1v) is 7.73. The first kappa shape index (κ1) is 15.2. The Morgan fingerprint density at radius 1 is 1.11 bits per heavy atom. The summed E-state index contributed by atoms with van der Waals surface area (Å²) in [6, 6.07) is 0.778. The number of piperazine rings is 1. The van der Waals surface area contributed by atoms with Gasteiger partial charge in [-0.05, 0) is 13.8 Å². The molecule has 0 radical (unpaired) electrons. The lowest BCUT2D eigenvalue weighted by Gasteiger charge is -2.47. The Kier molecular flexibility index (Phi) is 6.53. The summed E-state index contributed by atoms with van der Waals surface area (Å²) in [6.07, 6.45) is 0.962. The standard InChI is InChI=1S/C14H29N3O2/c1-3-18-14(19-4-2)5-8-16-11-13(12-16)17-9-6-15-7-10-17/h13-15H,3-12H2,1-2H3. The molecule has 5 nitrogen and oxygen atoms in total. The molecular weight excluding hydrogens is 242 g/mol. The first-order valence-electron chi connectivity index (χ1n) is 7.73. The quantitative estimate of drug-likeness (QED) is 0.645. The van der Waals surface area contributed by atoms with E-state index in [0.717, 1.165) is 45.3 Å². The van der Waals surface area contributed by atoms with E-state index in [2.05, 4.69) is 15.1 Å². The first-order chi connectivity index (χ1) is 9.33. The Hall–Kier alpha value is -0.200. The summed E-state index contributed by atoms with van der Waals surface area (Å²) in [6.45, 7) is 13.7. The maximum absolute atomic E-state index is 5.58. The van der Waals surface area contributed by atoms with E-state index in [1.165, 1.54) is 26.2 Å². The average Bonchev–Trinajstić information content (AvgIpc) is 2.38. The molecule has 0 bridgehead atoms. The summed E-state index contributed by atoms with van der Waals surface area (Å²) < 4.78 is 11.2. The van der Waals surface area contributed by atoms with Crippen molar-refractivity contribution in [2.24, 2.45) is 0 Å². The topological polar surface area (TPSA) is 37.0 Å². The van der Waals surface area contributed by atoms with Gasteiger partial charge in [0.15, 0.2) is 6.29 Å². The van der Waals surface area contributed by atoms with Crippen LogP contribution in [0.1, 0.15) is 20.3 Å². The Labute approximate surface area is 117 Å². The van der Waals surface area contributed by atoms with Crippen LogP contribution in [0.5, 0.6) is 0 Å². The van der Waals surface area contributed by atoms with E-state index in [4.69, 9.17) is 9.47 Å². The number of hydrogen-bond acceptors (Lipinski definition) is 5. The van der Waals surface area contributed by atoms with Crippen LogP contribution in [0.3, 0.4) is 0 Å². The number of nitrogens with one attached hydrogen (secondary N) is 1. The van der Waals surface area contributed by atoms with Gasteiger partial charge in [0.25, 0.3) is 0 Å². The Balaban J connectivity index is 1.58. The molecule has 2 rings (SSSR count). The minimum Gasteiger partial charge on any atom is -0.353 e. The largest absolute Gasteiger partial charge is 0.353 e. The normalized spacial score (nSPS) is 22.9. The lowest BCUT2D eigenvalue weighted by atomic mass is 10.1. The van der Waals surface area contributed by atoms with Crippen LogP contribution in [-0.4, -0.2) is 81.2 Å². The lowest BCUT2D eigenvalue weighted by Crippen LogP contribution is -2.62. The van der Waals surface area contributed by atoms with Crippen LogP contribution in [0.2, 0.25) is 0 Å². The molecule has 0 aromatic heterocycles. The van der Waals surface area contributed by atoms with E-state index in [0.29, 0.717) is 0 Å². The van der Waals surface area contributed by atoms with Gasteiger partial charge < -0.3 is 14.8 Å². The molecule has 0 aromatic carbocycles. The van der Waals surface area contributed by atoms with Gasteiger partial charge in [0, 0.05) is 71.5 Å². The number of rotatable bonds is 8. The number of likely N-dealkylation sites (tertiary alicyclic amines) is 1. The number of hydrogen-bond donors (Lipinski definition) is 1. The zero-order valence-corrected chi connectivity index (χ0v) is 12.4. The van der Waals surface area contributed by atoms with Gasteiger partial charge in [-0.2, -0.15) is 0 Å². The fourth-order valence-corrected chi connectivity index (χ4v) is 2.88. The third-order valence-corrected chi connectivity index (χ3v) is 3.99. The molecule has 0 saturated carbocycles. The van der Waals surface area contributed by atoms with E-state index < -0.39 is 0 Å². The molecule has 5 heteroatoms. The summed E-state index contributed by atoms with van der Waals surface area (Å²) in [5.74, 6) is 0. The Bertz CT molecular complexity index is 235. The number of ether oxygens (including phenoxy) is 2. The third-order valence-electron chi connectivity index (χ3n) is 3.99. The average molecular weight is 271 g/mol. The molecule has 0 spiro atoms. The van der Waals surface area contributed by atoms with Crippen LogP contribution >= 0.6 is 0 Å². The number of nitrogens with zero attached hydrogens (tertiary/aromatic N) is 2. The van der Waals surface area contributed by atoms with Crippen molar-refractivity contribution >= 4 is 0 Å². The van der Waals surface area contributed by atoms with Gasteiger partial charge in [0.05, 0.1) is 0 Å². The van der Waals surface area contributed by atoms with Crippen molar-refractivity contribution < 1.29 is 9.47 Å². The maximum Gasteiger partial charge on any atom is 0.158 e. The van der Waals surface area contributed by atoms with Gasteiger partial charge in [-0.15, -0.1) is 0 Å². The van der Waals surface area contributed by atoms with E-state index in [1.807, 2.05) is 13.8 Å². The minimum atomic E-state index is -0.0202. The fourth-order valence-electron chi connectivity index (χ4n) is 2.88. The summed E-state index contributed by atoms with van der Waals surface area (Å²) >= 11 is 0. The molecule has 0 atom stereocenters. The van der Waals surface area contributed by atoms with Crippen LogP contribution < -0.4 is 5.32 Å². The van der Waals surface area contributed by atoms with E-state index in [1.54, 1.807) is 0 Å². The molecular formula is C14H29N3O2. The maximum atomic E-state index is 5.58. The summed E-state index contributed by atoms with van der Waals surface area (Å²) in [4.78, 5) is 5.13. The molecule has 2 saturated heterocycles. The zero-order valence-electron chi connectivity index (χ0n) is 12.4. The summed E-state index contributed by atoms with van der Waals surface area (Å²) in [5, 5.41) is 3.41. The van der Waals surface area contributed by atoms with Crippen LogP contribution in [0.4, 0.5) is 0 Å². The summed E-state index contributed by atoms with van der Waals surface area (Å²) in [5.41, 5.74) is 0. The SMILES string of the molecule is CCOC(CCN1CC(N2CCNCC2)C1)OCC. The molecule has 112 valence electrons. The van der Waals surface area contributed by atoms with Crippen molar-refractivity contribution in [2.45, 2.75) is 32.6 Å². The highest BCUT2D eigenvalue weighted by atomic mass is 16.7. The highest BCUT2D eigenvalue weighted by Gasteiger charge is 2.32. The van der Waals surface area contributed by atoms with Crippen molar-refractivity contribution in [2.75, 3.05) is 59.0 Å². The van der Waals surface area contributed by atoms with Crippen LogP contribution in [-0.2, 0) is 9.47 Å². The van der Waals surface area contributed by atoms with Gasteiger partial charge in [0.1, 0.15) is 0 Å². The molecule has 1 N–H and O–H groups in total. The van der Waals surface area contributed by atoms with Crippen molar-refractivity contribution in [1.82, 2.24) is 15.1 Å². The predicted molar refractivity (Wildman–Crippen MR) is 76.3 cm³/mol. The highest BCUT2D eigenvalue weighted by molar-refractivity contribution is 4.89. The van der Waals surface area contributed by atoms with Crippen molar-refractivity contribution in [3.63, 3.8) is 0 Å². The predicted octanol–water partition coefficient (Wildman–Crippen LogP) is 0.365. The van der Waals surface area contributed by atoms with Gasteiger partial charge >= 0.3 is 0 Å².